The highest BCUT2D eigenvalue weighted by molar-refractivity contribution is 6.19. The van der Waals surface area contributed by atoms with E-state index in [2.05, 4.69) is 13.0 Å². The maximum absolute atomic E-state index is 11.1. The minimum Gasteiger partial charge on any atom is -0.496 e. The second-order valence-corrected chi connectivity index (χ2v) is 10.1. The van der Waals surface area contributed by atoms with Crippen LogP contribution in [0.4, 0.5) is 0 Å². The van der Waals surface area contributed by atoms with Gasteiger partial charge in [-0.05, 0) is 31.0 Å². The Bertz CT molecular complexity index is 786. The van der Waals surface area contributed by atoms with E-state index < -0.39 is 0 Å². The fourth-order valence-electron chi connectivity index (χ4n) is 4.78. The Morgan fingerprint density at radius 1 is 1.18 bits per heavy atom. The molecule has 0 radical (unpaired) electrons. The average Bonchev–Trinajstić information content (AvgIpc) is 2.82. The minimum absolute atomic E-state index is 0.0890. The first kappa shape index (κ1) is 28.6. The maximum atomic E-state index is 11.1. The van der Waals surface area contributed by atoms with Gasteiger partial charge in [-0.25, -0.2) is 0 Å². The molecule has 1 aliphatic heterocycles. The third-order valence-corrected chi connectivity index (χ3v) is 7.47. The van der Waals surface area contributed by atoms with Crippen LogP contribution in [-0.2, 0) is 11.3 Å². The first-order valence-corrected chi connectivity index (χ1v) is 13.4. The Kier molecular flexibility index (Phi) is 12.9. The summed E-state index contributed by atoms with van der Waals surface area (Å²) >= 11 is 6.86. The molecule has 1 saturated heterocycles. The molecule has 1 aromatic carbocycles. The van der Waals surface area contributed by atoms with E-state index in [0.29, 0.717) is 19.0 Å². The van der Waals surface area contributed by atoms with E-state index in [1.165, 1.54) is 64.7 Å². The number of rotatable bonds is 16. The minimum atomic E-state index is -0.373. The first-order chi connectivity index (χ1) is 16.4. The lowest BCUT2D eigenvalue weighted by Gasteiger charge is -2.45. The molecule has 2 unspecified atom stereocenters. The topological polar surface area (TPSA) is 61.6 Å². The number of methoxy groups -OCH3 is 1. The summed E-state index contributed by atoms with van der Waals surface area (Å²) in [7, 11) is 1.59. The van der Waals surface area contributed by atoms with Gasteiger partial charge in [0.05, 0.1) is 25.2 Å². The molecule has 0 amide bonds. The summed E-state index contributed by atoms with van der Waals surface area (Å²) in [5, 5.41) is 11.1. The molecule has 34 heavy (non-hydrogen) atoms. The van der Waals surface area contributed by atoms with Gasteiger partial charge in [-0.3, -0.25) is 10.1 Å². The van der Waals surface area contributed by atoms with Crippen LogP contribution in [0.25, 0.3) is 6.08 Å². The van der Waals surface area contributed by atoms with Gasteiger partial charge in [0.25, 0.3) is 0 Å². The lowest BCUT2D eigenvalue weighted by Crippen LogP contribution is -2.59. The van der Waals surface area contributed by atoms with Gasteiger partial charge < -0.3 is 14.0 Å². The van der Waals surface area contributed by atoms with Crippen molar-refractivity contribution in [2.45, 2.75) is 90.1 Å². The van der Waals surface area contributed by atoms with Gasteiger partial charge in [-0.2, -0.15) is 0 Å². The molecule has 0 bridgehead atoms. The van der Waals surface area contributed by atoms with Crippen LogP contribution < -0.4 is 4.74 Å². The van der Waals surface area contributed by atoms with Crippen LogP contribution in [0.3, 0.4) is 0 Å². The summed E-state index contributed by atoms with van der Waals surface area (Å²) < 4.78 is 11.9. The number of unbranched alkanes of at least 4 members (excludes halogenated alkanes) is 9. The van der Waals surface area contributed by atoms with Crippen LogP contribution in [0.2, 0.25) is 0 Å². The molecule has 192 valence electrons. The van der Waals surface area contributed by atoms with Crippen LogP contribution in [0, 0.1) is 10.1 Å². The highest BCUT2D eigenvalue weighted by Gasteiger charge is 2.38. The molecule has 2 atom stereocenters. The van der Waals surface area contributed by atoms with Crippen molar-refractivity contribution in [1.82, 2.24) is 0 Å². The van der Waals surface area contributed by atoms with E-state index >= 15 is 0 Å². The van der Waals surface area contributed by atoms with Gasteiger partial charge in [0.2, 0.25) is 5.70 Å². The number of quaternary nitrogens is 1. The fraction of sp³-hybridized carbons (Fsp3) is 0.704. The van der Waals surface area contributed by atoms with Crippen LogP contribution in [0.15, 0.2) is 23.9 Å². The van der Waals surface area contributed by atoms with Crippen molar-refractivity contribution < 1.29 is 18.9 Å². The van der Waals surface area contributed by atoms with E-state index in [1.54, 1.807) is 13.2 Å². The van der Waals surface area contributed by atoms with Crippen molar-refractivity contribution in [3.05, 3.63) is 45.1 Å². The van der Waals surface area contributed by atoms with E-state index in [9.17, 15) is 10.1 Å². The summed E-state index contributed by atoms with van der Waals surface area (Å²) in [6.07, 6.45) is 14.7. The number of alkyl halides is 1. The van der Waals surface area contributed by atoms with Crippen LogP contribution >= 0.6 is 11.6 Å². The summed E-state index contributed by atoms with van der Waals surface area (Å²) in [4.78, 5) is 10.8. The lowest BCUT2D eigenvalue weighted by atomic mass is 10.0. The van der Waals surface area contributed by atoms with E-state index in [0.717, 1.165) is 41.7 Å². The lowest BCUT2D eigenvalue weighted by molar-refractivity contribution is -0.959. The van der Waals surface area contributed by atoms with Gasteiger partial charge in [0.15, 0.2) is 5.50 Å². The summed E-state index contributed by atoms with van der Waals surface area (Å²) in [6.45, 7) is 7.74. The molecule has 0 N–H and O–H groups in total. The third kappa shape index (κ3) is 9.20. The summed E-state index contributed by atoms with van der Waals surface area (Å²) in [5.41, 5.74) is 1.84. The molecule has 1 aromatic rings. The van der Waals surface area contributed by atoms with Crippen molar-refractivity contribution in [3.8, 4) is 5.75 Å². The Morgan fingerprint density at radius 2 is 1.82 bits per heavy atom. The largest absolute Gasteiger partial charge is 0.496 e. The van der Waals surface area contributed by atoms with E-state index in [4.69, 9.17) is 21.1 Å². The number of nitro groups is 1. The zero-order valence-corrected chi connectivity index (χ0v) is 22.2. The molecule has 0 aliphatic carbocycles. The molecule has 0 saturated carbocycles. The maximum Gasteiger partial charge on any atom is 0.243 e. The quantitative estimate of drug-likeness (QED) is 0.0609. The van der Waals surface area contributed by atoms with Crippen molar-refractivity contribution in [2.75, 3.05) is 33.4 Å². The van der Waals surface area contributed by atoms with Crippen LogP contribution in [0.5, 0.6) is 5.75 Å². The number of morpholine rings is 1. The highest BCUT2D eigenvalue weighted by atomic mass is 35.5. The second-order valence-electron chi connectivity index (χ2n) is 9.63. The fourth-order valence-corrected chi connectivity index (χ4v) is 5.14. The number of hydrogen-bond acceptors (Lipinski definition) is 4. The van der Waals surface area contributed by atoms with E-state index in [1.807, 2.05) is 12.1 Å². The molecule has 1 fully saturated rings. The van der Waals surface area contributed by atoms with Gasteiger partial charge >= 0.3 is 0 Å². The molecular weight excluding hydrogens is 452 g/mol. The zero-order valence-electron chi connectivity index (χ0n) is 21.4. The summed E-state index contributed by atoms with van der Waals surface area (Å²) in [5.74, 6) is 0.635. The van der Waals surface area contributed by atoms with Gasteiger partial charge in [-0.1, -0.05) is 69.9 Å². The predicted molar refractivity (Wildman–Crippen MR) is 140 cm³/mol. The Morgan fingerprint density at radius 3 is 2.41 bits per heavy atom. The molecule has 1 heterocycles. The molecule has 7 heteroatoms. The summed E-state index contributed by atoms with van der Waals surface area (Å²) in [6, 6.07) is 5.95. The highest BCUT2D eigenvalue weighted by Crippen LogP contribution is 2.30. The molecule has 2 rings (SSSR count). The molecule has 0 spiro atoms. The molecule has 0 aromatic heterocycles. The molecular formula is C27H44ClN2O4+. The normalized spacial score (nSPS) is 20.9. The van der Waals surface area contributed by atoms with Crippen molar-refractivity contribution in [1.29, 1.82) is 0 Å². The molecule has 6 nitrogen and oxygen atoms in total. The van der Waals surface area contributed by atoms with Crippen LogP contribution in [-0.4, -0.2) is 48.3 Å². The predicted octanol–water partition coefficient (Wildman–Crippen LogP) is 7.17. The number of benzene rings is 1. The van der Waals surface area contributed by atoms with Crippen molar-refractivity contribution in [2.24, 2.45) is 0 Å². The van der Waals surface area contributed by atoms with Crippen molar-refractivity contribution in [3.63, 3.8) is 0 Å². The number of halogens is 1. The van der Waals surface area contributed by atoms with Gasteiger partial charge in [-0.15, -0.1) is 0 Å². The third-order valence-electron chi connectivity index (χ3n) is 6.93. The molecule has 1 aliphatic rings. The number of ether oxygens (including phenoxy) is 2. The standard InChI is InChI=1S/C27H44ClN2O4/c1-4-5-6-7-8-9-10-11-12-13-16-30(17-18-34-22-27(30)28)21-24-14-15-26(33-3)25(20-24)19-23(2)29(31)32/h14-15,19-20,27H,4-13,16-18,21-22H2,1-3H3/q+1. The first-order valence-electron chi connectivity index (χ1n) is 13.0. The Hall–Kier alpha value is -1.63. The van der Waals surface area contributed by atoms with Crippen molar-refractivity contribution >= 4 is 17.7 Å². The number of hydrogen-bond donors (Lipinski definition) is 0. The number of allylic oxidation sites excluding steroid dienone is 1. The van der Waals surface area contributed by atoms with Gasteiger partial charge in [0.1, 0.15) is 25.4 Å². The Labute approximate surface area is 211 Å². The average molecular weight is 496 g/mol. The zero-order chi connectivity index (χ0) is 24.8. The SMILES string of the molecule is CCCCCCCCCCCC[N+]1(Cc2ccc(OC)c(C=C(C)[N+](=O)[O-])c2)CCOCC1Cl. The van der Waals surface area contributed by atoms with E-state index in [-0.39, 0.29) is 16.1 Å². The smallest absolute Gasteiger partial charge is 0.243 e. The van der Waals surface area contributed by atoms with Gasteiger partial charge in [0, 0.05) is 24.1 Å². The van der Waals surface area contributed by atoms with Crippen LogP contribution in [0.1, 0.15) is 89.2 Å². The monoisotopic (exact) mass is 495 g/mol. The Balaban J connectivity index is 1.98. The number of nitrogens with zero attached hydrogens (tertiary/aromatic N) is 2. The second kappa shape index (κ2) is 15.4.